The second kappa shape index (κ2) is 3.13. The van der Waals surface area contributed by atoms with Crippen molar-refractivity contribution >= 4 is 18.9 Å². The van der Waals surface area contributed by atoms with Crippen LogP contribution in [0, 0.1) is 5.92 Å². The van der Waals surface area contributed by atoms with E-state index in [1.807, 2.05) is 6.07 Å². The SMILES string of the molecule is [B]c1ccc2c(c1)C(C)(C)C1CC=CC=C21. The molecule has 16 heavy (non-hydrogen) atoms. The predicted molar refractivity (Wildman–Crippen MR) is 70.1 cm³/mol. The summed E-state index contributed by atoms with van der Waals surface area (Å²) in [6.07, 6.45) is 7.85. The fourth-order valence-corrected chi connectivity index (χ4v) is 3.12. The molecule has 0 heterocycles. The van der Waals surface area contributed by atoms with Gasteiger partial charge in [0.1, 0.15) is 7.85 Å². The summed E-state index contributed by atoms with van der Waals surface area (Å²) in [5.41, 5.74) is 5.38. The molecule has 0 fully saturated rings. The zero-order valence-corrected chi connectivity index (χ0v) is 9.83. The Morgan fingerprint density at radius 3 is 2.94 bits per heavy atom. The van der Waals surface area contributed by atoms with Crippen molar-refractivity contribution in [2.45, 2.75) is 25.7 Å². The summed E-state index contributed by atoms with van der Waals surface area (Å²) in [7, 11) is 5.91. The van der Waals surface area contributed by atoms with E-state index in [0.29, 0.717) is 5.92 Å². The van der Waals surface area contributed by atoms with Crippen LogP contribution < -0.4 is 5.46 Å². The van der Waals surface area contributed by atoms with Gasteiger partial charge in [-0.05, 0) is 34.5 Å². The quantitative estimate of drug-likeness (QED) is 0.572. The molecule has 0 amide bonds. The van der Waals surface area contributed by atoms with Crippen molar-refractivity contribution in [3.8, 4) is 0 Å². The second-order valence-corrected chi connectivity index (χ2v) is 5.37. The number of allylic oxidation sites excluding steroid dienone is 4. The second-order valence-electron chi connectivity index (χ2n) is 5.37. The molecule has 0 nitrogen and oxygen atoms in total. The van der Waals surface area contributed by atoms with Crippen LogP contribution in [-0.4, -0.2) is 7.85 Å². The van der Waals surface area contributed by atoms with Crippen molar-refractivity contribution in [3.63, 3.8) is 0 Å². The van der Waals surface area contributed by atoms with Crippen molar-refractivity contribution in [2.24, 2.45) is 5.92 Å². The van der Waals surface area contributed by atoms with Crippen LogP contribution in [0.5, 0.6) is 0 Å². The van der Waals surface area contributed by atoms with Gasteiger partial charge in [-0.2, -0.15) is 0 Å². The lowest BCUT2D eigenvalue weighted by Gasteiger charge is -2.29. The van der Waals surface area contributed by atoms with E-state index < -0.39 is 0 Å². The van der Waals surface area contributed by atoms with Gasteiger partial charge in [-0.15, -0.1) is 0 Å². The van der Waals surface area contributed by atoms with Gasteiger partial charge in [0.25, 0.3) is 0 Å². The van der Waals surface area contributed by atoms with Crippen molar-refractivity contribution in [2.75, 3.05) is 0 Å². The topological polar surface area (TPSA) is 0 Å². The van der Waals surface area contributed by atoms with E-state index in [0.717, 1.165) is 11.9 Å². The Bertz CT molecular complexity index is 506. The molecule has 1 atom stereocenters. The van der Waals surface area contributed by atoms with E-state index in [9.17, 15) is 0 Å². The smallest absolute Gasteiger partial charge is 0.0963 e. The van der Waals surface area contributed by atoms with E-state index in [-0.39, 0.29) is 5.41 Å². The molecule has 0 saturated carbocycles. The molecule has 2 aliphatic rings. The zero-order valence-electron chi connectivity index (χ0n) is 9.83. The Labute approximate surface area is 98.5 Å². The van der Waals surface area contributed by atoms with E-state index in [1.165, 1.54) is 16.7 Å². The maximum atomic E-state index is 5.91. The molecule has 2 radical (unpaired) electrons. The summed E-state index contributed by atoms with van der Waals surface area (Å²) in [4.78, 5) is 0. The molecule has 0 saturated heterocycles. The van der Waals surface area contributed by atoms with E-state index in [2.05, 4.69) is 44.2 Å². The first-order chi connectivity index (χ1) is 7.60. The minimum absolute atomic E-state index is 0.210. The van der Waals surface area contributed by atoms with Gasteiger partial charge in [0.15, 0.2) is 0 Å². The van der Waals surface area contributed by atoms with Crippen molar-refractivity contribution in [1.29, 1.82) is 0 Å². The molecule has 1 aromatic carbocycles. The van der Waals surface area contributed by atoms with E-state index in [1.54, 1.807) is 0 Å². The fraction of sp³-hybridized carbons (Fsp3) is 0.333. The van der Waals surface area contributed by atoms with Crippen LogP contribution in [0.15, 0.2) is 36.4 Å². The maximum absolute atomic E-state index is 5.91. The Morgan fingerprint density at radius 2 is 2.12 bits per heavy atom. The van der Waals surface area contributed by atoms with Crippen LogP contribution in [0.1, 0.15) is 31.4 Å². The number of fused-ring (bicyclic) bond motifs is 3. The molecule has 0 aliphatic heterocycles. The summed E-state index contributed by atoms with van der Waals surface area (Å²) >= 11 is 0. The first-order valence-corrected chi connectivity index (χ1v) is 5.88. The van der Waals surface area contributed by atoms with E-state index in [4.69, 9.17) is 7.85 Å². The average Bonchev–Trinajstić information content (AvgIpc) is 2.49. The van der Waals surface area contributed by atoms with Gasteiger partial charge in [-0.25, -0.2) is 0 Å². The highest BCUT2D eigenvalue weighted by Crippen LogP contribution is 2.52. The molecule has 1 aromatic rings. The minimum atomic E-state index is 0.210. The van der Waals surface area contributed by atoms with Gasteiger partial charge in [-0.3, -0.25) is 0 Å². The minimum Gasteiger partial charge on any atom is -0.0963 e. The Hall–Kier alpha value is -1.24. The Morgan fingerprint density at radius 1 is 1.31 bits per heavy atom. The lowest BCUT2D eigenvalue weighted by atomic mass is 9.74. The Balaban J connectivity index is 2.27. The van der Waals surface area contributed by atoms with Gasteiger partial charge in [0.2, 0.25) is 0 Å². The lowest BCUT2D eigenvalue weighted by Crippen LogP contribution is -2.24. The van der Waals surface area contributed by atoms with Crippen LogP contribution in [0.25, 0.3) is 5.57 Å². The molecule has 0 spiro atoms. The summed E-state index contributed by atoms with van der Waals surface area (Å²) in [5, 5.41) is 0. The third-order valence-corrected chi connectivity index (χ3v) is 4.08. The van der Waals surface area contributed by atoms with Crippen molar-refractivity contribution < 1.29 is 0 Å². The first kappa shape index (κ1) is 9.95. The lowest BCUT2D eigenvalue weighted by molar-refractivity contribution is 0.415. The Kier molecular flexibility index (Phi) is 1.95. The van der Waals surface area contributed by atoms with E-state index >= 15 is 0 Å². The molecular formula is C15H15B. The standard InChI is InChI=1S/C15H15B/c1-15(2)13-6-4-3-5-11(13)12-8-7-10(16)9-14(12)15/h3-5,7-9,13H,6H2,1-2H3. The van der Waals surface area contributed by atoms with Gasteiger partial charge in [-0.1, -0.05) is 55.7 Å². The maximum Gasteiger partial charge on any atom is 0.113 e. The molecule has 3 rings (SSSR count). The van der Waals surface area contributed by atoms with Gasteiger partial charge < -0.3 is 0 Å². The largest absolute Gasteiger partial charge is 0.113 e. The number of benzene rings is 1. The van der Waals surface area contributed by atoms with Gasteiger partial charge in [0.05, 0.1) is 0 Å². The molecule has 0 bridgehead atoms. The van der Waals surface area contributed by atoms with Crippen LogP contribution >= 0.6 is 0 Å². The zero-order chi connectivity index (χ0) is 11.3. The molecule has 1 unspecified atom stereocenters. The molecule has 78 valence electrons. The molecule has 2 aliphatic carbocycles. The van der Waals surface area contributed by atoms with Crippen LogP contribution in [0.2, 0.25) is 0 Å². The normalized spacial score (nSPS) is 24.9. The first-order valence-electron chi connectivity index (χ1n) is 5.88. The highest BCUT2D eigenvalue weighted by atomic mass is 14.5. The molecule has 0 N–H and O–H groups in total. The molecule has 1 heteroatoms. The summed E-state index contributed by atoms with van der Waals surface area (Å²) in [5.74, 6) is 0.620. The third-order valence-electron chi connectivity index (χ3n) is 4.08. The summed E-state index contributed by atoms with van der Waals surface area (Å²) in [6.45, 7) is 4.66. The predicted octanol–water partition coefficient (Wildman–Crippen LogP) is 2.73. The highest BCUT2D eigenvalue weighted by molar-refractivity contribution is 6.32. The molecular weight excluding hydrogens is 191 g/mol. The molecule has 0 aromatic heterocycles. The summed E-state index contributed by atoms with van der Waals surface area (Å²) in [6, 6.07) is 6.34. The summed E-state index contributed by atoms with van der Waals surface area (Å²) < 4.78 is 0. The fourth-order valence-electron chi connectivity index (χ4n) is 3.12. The van der Waals surface area contributed by atoms with Crippen molar-refractivity contribution in [3.05, 3.63) is 47.6 Å². The monoisotopic (exact) mass is 206 g/mol. The van der Waals surface area contributed by atoms with Gasteiger partial charge >= 0.3 is 0 Å². The van der Waals surface area contributed by atoms with Crippen molar-refractivity contribution in [1.82, 2.24) is 0 Å². The third kappa shape index (κ3) is 1.18. The van der Waals surface area contributed by atoms with Crippen LogP contribution in [0.4, 0.5) is 0 Å². The number of hydrogen-bond donors (Lipinski definition) is 0. The average molecular weight is 206 g/mol. The number of rotatable bonds is 0. The highest BCUT2D eigenvalue weighted by Gasteiger charge is 2.42. The van der Waals surface area contributed by atoms with Gasteiger partial charge in [0, 0.05) is 0 Å². The number of hydrogen-bond acceptors (Lipinski definition) is 0. The van der Waals surface area contributed by atoms with Crippen LogP contribution in [-0.2, 0) is 5.41 Å². The van der Waals surface area contributed by atoms with Crippen LogP contribution in [0.3, 0.4) is 0 Å².